The lowest BCUT2D eigenvalue weighted by molar-refractivity contribution is -0.268. The van der Waals surface area contributed by atoms with Gasteiger partial charge in [0.25, 0.3) is 5.91 Å². The Balaban J connectivity index is 1.30. The first kappa shape index (κ1) is 28.8. The van der Waals surface area contributed by atoms with Crippen LogP contribution in [-0.4, -0.2) is 80.7 Å². The predicted octanol–water partition coefficient (Wildman–Crippen LogP) is 3.66. The van der Waals surface area contributed by atoms with Gasteiger partial charge in [-0.05, 0) is 47.5 Å². The summed E-state index contributed by atoms with van der Waals surface area (Å²) in [5, 5.41) is 6.63. The van der Waals surface area contributed by atoms with Gasteiger partial charge in [0.15, 0.2) is 5.54 Å². The van der Waals surface area contributed by atoms with Gasteiger partial charge in [0.05, 0.1) is 6.20 Å². The van der Waals surface area contributed by atoms with Gasteiger partial charge in [-0.3, -0.25) is 19.2 Å². The third kappa shape index (κ3) is 4.55. The van der Waals surface area contributed by atoms with Crippen molar-refractivity contribution in [2.24, 2.45) is 7.05 Å². The number of fused-ring (bicyclic) bond motifs is 2. The molecule has 3 aromatic rings. The van der Waals surface area contributed by atoms with Gasteiger partial charge in [0, 0.05) is 44.9 Å². The van der Waals surface area contributed by atoms with E-state index >= 15 is 4.39 Å². The lowest BCUT2D eigenvalue weighted by Crippen LogP contribution is -2.77. The molecule has 1 N–H and O–H groups in total. The zero-order valence-corrected chi connectivity index (χ0v) is 23.2. The molecule has 4 amide bonds. The molecule has 0 bridgehead atoms. The van der Waals surface area contributed by atoms with Crippen molar-refractivity contribution in [3.8, 4) is 11.1 Å². The summed E-state index contributed by atoms with van der Waals surface area (Å²) in [6.07, 6.45) is -3.56. The molecule has 0 radical (unpaired) electrons. The van der Waals surface area contributed by atoms with Crippen molar-refractivity contribution in [2.45, 2.75) is 36.4 Å². The van der Waals surface area contributed by atoms with Gasteiger partial charge in [0.1, 0.15) is 24.1 Å². The Morgan fingerprint density at radius 3 is 2.40 bits per heavy atom. The number of halogens is 5. The molecule has 3 aliphatic rings. The molecule has 0 saturated carbocycles. The van der Waals surface area contributed by atoms with Crippen LogP contribution in [0.3, 0.4) is 0 Å². The fourth-order valence-electron chi connectivity index (χ4n) is 6.36. The van der Waals surface area contributed by atoms with E-state index in [2.05, 4.69) is 10.4 Å². The van der Waals surface area contributed by atoms with Crippen molar-refractivity contribution in [3.63, 3.8) is 0 Å². The molecule has 1 spiro atoms. The number of carbonyl (C=O) groups excluding carboxylic acids is 3. The standard InChI is InChI=1S/C29H27F5N6O3/c1-37-15-27(16-37,29(32,33)34)40(12-17-3-6-20(30)7-4-17)24(41)14-39-25(42)28(36-26(39)43)10-23(31)21-9-18(5-8-22(21)28)19-11-35-38(2)13-19/h3-9,11,13,23H,10,12,14-16H2,1-2H3,(H,36,43)/t23-,28+/m1/s1. The Morgan fingerprint density at radius 1 is 1.09 bits per heavy atom. The topological polar surface area (TPSA) is 90.8 Å². The van der Waals surface area contributed by atoms with Crippen molar-refractivity contribution in [1.29, 1.82) is 0 Å². The number of aryl methyl sites for hydroxylation is 1. The molecule has 14 heteroatoms. The summed E-state index contributed by atoms with van der Waals surface area (Å²) in [5.74, 6) is -2.65. The third-order valence-corrected chi connectivity index (χ3v) is 8.50. The van der Waals surface area contributed by atoms with Crippen LogP contribution >= 0.6 is 0 Å². The van der Waals surface area contributed by atoms with E-state index in [-0.39, 0.29) is 16.7 Å². The molecule has 2 atom stereocenters. The largest absolute Gasteiger partial charge is 0.414 e. The van der Waals surface area contributed by atoms with Gasteiger partial charge in [-0.1, -0.05) is 24.3 Å². The van der Waals surface area contributed by atoms with Gasteiger partial charge < -0.3 is 15.1 Å². The smallest absolute Gasteiger partial charge is 0.320 e. The number of amides is 4. The number of aromatic nitrogens is 2. The average molecular weight is 603 g/mol. The number of benzene rings is 2. The number of urea groups is 1. The van der Waals surface area contributed by atoms with E-state index in [0.717, 1.165) is 12.1 Å². The maximum Gasteiger partial charge on any atom is 0.414 e. The van der Waals surface area contributed by atoms with Gasteiger partial charge in [-0.15, -0.1) is 0 Å². The highest BCUT2D eigenvalue weighted by atomic mass is 19.4. The number of alkyl halides is 4. The van der Waals surface area contributed by atoms with Crippen LogP contribution in [0.4, 0.5) is 26.7 Å². The van der Waals surface area contributed by atoms with E-state index in [0.29, 0.717) is 20.9 Å². The van der Waals surface area contributed by atoms with Gasteiger partial charge in [-0.2, -0.15) is 18.3 Å². The number of nitrogens with one attached hydrogen (secondary N) is 1. The van der Waals surface area contributed by atoms with E-state index in [1.54, 1.807) is 36.3 Å². The number of imide groups is 1. The zero-order valence-electron chi connectivity index (χ0n) is 23.2. The van der Waals surface area contributed by atoms with Crippen molar-refractivity contribution in [3.05, 3.63) is 77.4 Å². The molecular weight excluding hydrogens is 575 g/mol. The molecule has 0 unspecified atom stereocenters. The third-order valence-electron chi connectivity index (χ3n) is 8.50. The average Bonchev–Trinajstić information content (AvgIpc) is 3.55. The molecule has 1 aromatic heterocycles. The first-order valence-electron chi connectivity index (χ1n) is 13.5. The normalized spacial score (nSPS) is 23.0. The quantitative estimate of drug-likeness (QED) is 0.344. The molecule has 1 aliphatic carbocycles. The first-order valence-corrected chi connectivity index (χ1v) is 13.5. The minimum Gasteiger partial charge on any atom is -0.320 e. The molecule has 6 rings (SSSR count). The fourth-order valence-corrected chi connectivity index (χ4v) is 6.36. The van der Waals surface area contributed by atoms with E-state index in [9.17, 15) is 31.9 Å². The second-order valence-corrected chi connectivity index (χ2v) is 11.4. The molecule has 9 nitrogen and oxygen atoms in total. The molecule has 3 heterocycles. The maximum atomic E-state index is 15.4. The van der Waals surface area contributed by atoms with Gasteiger partial charge in [0.2, 0.25) is 5.91 Å². The van der Waals surface area contributed by atoms with Crippen molar-refractivity contribution in [1.82, 2.24) is 29.8 Å². The van der Waals surface area contributed by atoms with Crippen LogP contribution in [0.5, 0.6) is 0 Å². The SMILES string of the molecule is CN1CC(N(Cc2ccc(F)cc2)C(=O)CN2C(=O)N[C@]3(C[C@@H](F)c4cc(-c5cnn(C)c5)ccc43)C2=O)(C(F)(F)F)C1. The van der Waals surface area contributed by atoms with Crippen LogP contribution < -0.4 is 5.32 Å². The van der Waals surface area contributed by atoms with E-state index in [1.807, 2.05) is 0 Å². The molecule has 2 aromatic carbocycles. The summed E-state index contributed by atoms with van der Waals surface area (Å²) in [6.45, 7) is -2.57. The number of rotatable bonds is 6. The first-order chi connectivity index (χ1) is 20.2. The van der Waals surface area contributed by atoms with E-state index in [4.69, 9.17) is 0 Å². The Labute approximate surface area is 242 Å². The Kier molecular flexibility index (Phi) is 6.60. The number of likely N-dealkylation sites (N-methyl/N-ethyl adjacent to an activating group) is 1. The van der Waals surface area contributed by atoms with Crippen LogP contribution in [0.15, 0.2) is 54.9 Å². The Bertz CT molecular complexity index is 1620. The number of nitrogens with zero attached hydrogens (tertiary/aromatic N) is 5. The van der Waals surface area contributed by atoms with Crippen LogP contribution in [0, 0.1) is 5.82 Å². The summed E-state index contributed by atoms with van der Waals surface area (Å²) in [4.78, 5) is 43.1. The Hall–Kier alpha value is -4.33. The minimum absolute atomic E-state index is 0.189. The lowest BCUT2D eigenvalue weighted by Gasteiger charge is -2.55. The number of hydrogen-bond acceptors (Lipinski definition) is 5. The van der Waals surface area contributed by atoms with Gasteiger partial charge in [-0.25, -0.2) is 13.6 Å². The fraction of sp³-hybridized carbons (Fsp3) is 0.379. The van der Waals surface area contributed by atoms with Gasteiger partial charge >= 0.3 is 12.2 Å². The molecule has 2 fully saturated rings. The second kappa shape index (κ2) is 9.86. The highest BCUT2D eigenvalue weighted by Crippen LogP contribution is 2.49. The lowest BCUT2D eigenvalue weighted by atomic mass is 9.86. The van der Waals surface area contributed by atoms with E-state index in [1.165, 1.54) is 30.1 Å². The van der Waals surface area contributed by atoms with Crippen LogP contribution in [-0.2, 0) is 28.7 Å². The zero-order chi connectivity index (χ0) is 30.9. The highest BCUT2D eigenvalue weighted by molar-refractivity contribution is 6.10. The predicted molar refractivity (Wildman–Crippen MR) is 142 cm³/mol. The van der Waals surface area contributed by atoms with Crippen LogP contribution in [0.2, 0.25) is 0 Å². The molecule has 2 saturated heterocycles. The van der Waals surface area contributed by atoms with Crippen LogP contribution in [0.1, 0.15) is 29.3 Å². The summed E-state index contributed by atoms with van der Waals surface area (Å²) in [6, 6.07) is 8.42. The minimum atomic E-state index is -4.84. The second-order valence-electron chi connectivity index (χ2n) is 11.4. The summed E-state index contributed by atoms with van der Waals surface area (Å²) in [5.41, 5.74) is -2.39. The summed E-state index contributed by atoms with van der Waals surface area (Å²) in [7, 11) is 3.20. The van der Waals surface area contributed by atoms with Crippen LogP contribution in [0.25, 0.3) is 11.1 Å². The van der Waals surface area contributed by atoms with Crippen molar-refractivity contribution < 1.29 is 36.3 Å². The van der Waals surface area contributed by atoms with E-state index < -0.39 is 79.7 Å². The molecule has 43 heavy (non-hydrogen) atoms. The summed E-state index contributed by atoms with van der Waals surface area (Å²) >= 11 is 0. The van der Waals surface area contributed by atoms with Crippen molar-refractivity contribution >= 4 is 17.8 Å². The Morgan fingerprint density at radius 2 is 1.79 bits per heavy atom. The monoisotopic (exact) mass is 602 g/mol. The maximum absolute atomic E-state index is 15.4. The van der Waals surface area contributed by atoms with Crippen molar-refractivity contribution in [2.75, 3.05) is 26.7 Å². The highest BCUT2D eigenvalue weighted by Gasteiger charge is 2.66. The number of hydrogen-bond donors (Lipinski definition) is 1. The summed E-state index contributed by atoms with van der Waals surface area (Å²) < 4.78 is 74.0. The number of likely N-dealkylation sites (tertiary alicyclic amines) is 1. The molecule has 226 valence electrons. The molecule has 2 aliphatic heterocycles. The number of carbonyl (C=O) groups is 3. The molecular formula is C29H27F5N6O3.